The van der Waals surface area contributed by atoms with E-state index in [1.165, 1.54) is 0 Å². The second-order valence-electron chi connectivity index (χ2n) is 3.14. The molecule has 0 aliphatic heterocycles. The maximum Gasteiger partial charge on any atom is 0.315 e. The maximum absolute atomic E-state index is 11.4. The Labute approximate surface area is 95.5 Å². The van der Waals surface area contributed by atoms with Crippen molar-refractivity contribution in [3.05, 3.63) is 0 Å². The van der Waals surface area contributed by atoms with Crippen LogP contribution in [-0.2, 0) is 0 Å². The molecule has 2 N–H and O–H groups in total. The number of carbonyl (C=O) groups is 1. The van der Waals surface area contributed by atoms with Crippen LogP contribution in [0.4, 0.5) is 4.79 Å². The van der Waals surface area contributed by atoms with Gasteiger partial charge in [-0.2, -0.15) is 0 Å². The van der Waals surface area contributed by atoms with Gasteiger partial charge in [0.2, 0.25) is 0 Å². The molecular formula is C9H18Cl2N2O. The van der Waals surface area contributed by atoms with Crippen LogP contribution in [-0.4, -0.2) is 29.9 Å². The van der Waals surface area contributed by atoms with Crippen molar-refractivity contribution >= 4 is 29.2 Å². The molecule has 0 aliphatic rings. The summed E-state index contributed by atoms with van der Waals surface area (Å²) in [6.45, 7) is 3.96. The van der Waals surface area contributed by atoms with Gasteiger partial charge in [-0.25, -0.2) is 4.79 Å². The first-order chi connectivity index (χ1) is 6.67. The molecule has 0 radical (unpaired) electrons. The Bertz CT molecular complexity index is 143. The number of nitrogens with one attached hydrogen (secondary N) is 2. The zero-order valence-electron chi connectivity index (χ0n) is 8.65. The zero-order valence-corrected chi connectivity index (χ0v) is 10.2. The molecule has 0 aromatic carbocycles. The van der Waals surface area contributed by atoms with Crippen molar-refractivity contribution in [2.45, 2.75) is 38.8 Å². The van der Waals surface area contributed by atoms with Crippen LogP contribution in [0.3, 0.4) is 0 Å². The third-order valence-electron chi connectivity index (χ3n) is 2.03. The van der Waals surface area contributed by atoms with E-state index in [9.17, 15) is 4.79 Å². The minimum atomic E-state index is -0.190. The highest BCUT2D eigenvalue weighted by Crippen LogP contribution is 1.96. The molecule has 84 valence electrons. The molecule has 2 amide bonds. The van der Waals surface area contributed by atoms with Gasteiger partial charge < -0.3 is 10.6 Å². The second-order valence-corrected chi connectivity index (χ2v) is 3.75. The third kappa shape index (κ3) is 5.55. The van der Waals surface area contributed by atoms with Crippen molar-refractivity contribution in [1.29, 1.82) is 0 Å². The van der Waals surface area contributed by atoms with Gasteiger partial charge >= 0.3 is 6.03 Å². The molecule has 0 fully saturated rings. The molecule has 0 saturated carbocycles. The lowest BCUT2D eigenvalue weighted by molar-refractivity contribution is 0.234. The standard InChI is InChI=1S/C9H18Cl2N2O/c1-3-7(5-10)12-9(14)13-8(4-2)6-11/h7-8H,3-6H2,1-2H3,(H2,12,13,14). The van der Waals surface area contributed by atoms with E-state index in [1.807, 2.05) is 13.8 Å². The summed E-state index contributed by atoms with van der Waals surface area (Å²) in [4.78, 5) is 11.4. The lowest BCUT2D eigenvalue weighted by Gasteiger charge is -2.18. The minimum Gasteiger partial charge on any atom is -0.334 e. The van der Waals surface area contributed by atoms with Crippen LogP contribution in [0.1, 0.15) is 26.7 Å². The van der Waals surface area contributed by atoms with Crippen LogP contribution in [0.15, 0.2) is 0 Å². The fourth-order valence-corrected chi connectivity index (χ4v) is 1.50. The Morgan fingerprint density at radius 2 is 1.43 bits per heavy atom. The first kappa shape index (κ1) is 13.8. The lowest BCUT2D eigenvalue weighted by atomic mass is 10.2. The smallest absolute Gasteiger partial charge is 0.315 e. The number of amides is 2. The van der Waals surface area contributed by atoms with E-state index in [-0.39, 0.29) is 18.1 Å². The lowest BCUT2D eigenvalue weighted by Crippen LogP contribution is -2.47. The minimum absolute atomic E-state index is 0.0319. The Hall–Kier alpha value is -0.150. The summed E-state index contributed by atoms with van der Waals surface area (Å²) in [6.07, 6.45) is 1.66. The highest BCUT2D eigenvalue weighted by Gasteiger charge is 2.12. The molecule has 0 saturated heterocycles. The summed E-state index contributed by atoms with van der Waals surface area (Å²) in [6, 6.07) is -0.126. The molecule has 0 aliphatic carbocycles. The van der Waals surface area contributed by atoms with Crippen molar-refractivity contribution in [2.24, 2.45) is 0 Å². The van der Waals surface area contributed by atoms with E-state index in [1.54, 1.807) is 0 Å². The van der Waals surface area contributed by atoms with Crippen LogP contribution < -0.4 is 10.6 Å². The van der Waals surface area contributed by atoms with Crippen LogP contribution in [0.25, 0.3) is 0 Å². The molecule has 5 heteroatoms. The largest absolute Gasteiger partial charge is 0.334 e. The monoisotopic (exact) mass is 240 g/mol. The molecule has 2 unspecified atom stereocenters. The van der Waals surface area contributed by atoms with Gasteiger partial charge in [0.05, 0.1) is 0 Å². The number of hydrogen-bond acceptors (Lipinski definition) is 1. The first-order valence-electron chi connectivity index (χ1n) is 4.86. The van der Waals surface area contributed by atoms with E-state index in [0.29, 0.717) is 11.8 Å². The SMILES string of the molecule is CCC(CCl)NC(=O)NC(CC)CCl. The predicted octanol–water partition coefficient (Wildman–Crippen LogP) is 2.32. The maximum atomic E-state index is 11.4. The van der Waals surface area contributed by atoms with E-state index in [4.69, 9.17) is 23.2 Å². The summed E-state index contributed by atoms with van der Waals surface area (Å²) in [5.41, 5.74) is 0. The van der Waals surface area contributed by atoms with Crippen molar-refractivity contribution in [3.8, 4) is 0 Å². The van der Waals surface area contributed by atoms with Crippen molar-refractivity contribution < 1.29 is 4.79 Å². The Morgan fingerprint density at radius 1 is 1.07 bits per heavy atom. The van der Waals surface area contributed by atoms with Gasteiger partial charge in [-0.05, 0) is 12.8 Å². The Balaban J connectivity index is 3.83. The van der Waals surface area contributed by atoms with Crippen molar-refractivity contribution in [3.63, 3.8) is 0 Å². The topological polar surface area (TPSA) is 41.1 Å². The zero-order chi connectivity index (χ0) is 11.0. The summed E-state index contributed by atoms with van der Waals surface area (Å²) in [7, 11) is 0. The van der Waals surface area contributed by atoms with Gasteiger partial charge in [0.15, 0.2) is 0 Å². The Morgan fingerprint density at radius 3 is 1.64 bits per heavy atom. The number of rotatable bonds is 6. The van der Waals surface area contributed by atoms with Gasteiger partial charge in [0.25, 0.3) is 0 Å². The molecular weight excluding hydrogens is 223 g/mol. The van der Waals surface area contributed by atoms with Gasteiger partial charge in [-0.3, -0.25) is 0 Å². The summed E-state index contributed by atoms with van der Waals surface area (Å²) in [5, 5.41) is 5.55. The number of urea groups is 1. The van der Waals surface area contributed by atoms with E-state index in [0.717, 1.165) is 12.8 Å². The molecule has 2 atom stereocenters. The van der Waals surface area contributed by atoms with Crippen LogP contribution in [0, 0.1) is 0 Å². The summed E-state index contributed by atoms with van der Waals surface area (Å²) in [5.74, 6) is 0.864. The highest BCUT2D eigenvalue weighted by molar-refractivity contribution is 6.18. The molecule has 0 aromatic heterocycles. The quantitative estimate of drug-likeness (QED) is 0.688. The molecule has 0 spiro atoms. The fraction of sp³-hybridized carbons (Fsp3) is 0.889. The second kappa shape index (κ2) is 8.18. The van der Waals surface area contributed by atoms with Gasteiger partial charge in [-0.1, -0.05) is 13.8 Å². The number of halogens is 2. The molecule has 3 nitrogen and oxygen atoms in total. The molecule has 0 aromatic rings. The van der Waals surface area contributed by atoms with Crippen molar-refractivity contribution in [1.82, 2.24) is 10.6 Å². The third-order valence-corrected chi connectivity index (χ3v) is 2.77. The number of carbonyl (C=O) groups excluding carboxylic acids is 1. The first-order valence-corrected chi connectivity index (χ1v) is 5.93. The number of hydrogen-bond donors (Lipinski definition) is 2. The Kier molecular flexibility index (Phi) is 8.09. The highest BCUT2D eigenvalue weighted by atomic mass is 35.5. The molecule has 0 bridgehead atoms. The molecule has 14 heavy (non-hydrogen) atoms. The average Bonchev–Trinajstić information content (AvgIpc) is 2.22. The summed E-state index contributed by atoms with van der Waals surface area (Å²) >= 11 is 11.3. The van der Waals surface area contributed by atoms with E-state index < -0.39 is 0 Å². The van der Waals surface area contributed by atoms with Gasteiger partial charge in [0, 0.05) is 23.8 Å². The van der Waals surface area contributed by atoms with Gasteiger partial charge in [0.1, 0.15) is 0 Å². The van der Waals surface area contributed by atoms with Crippen LogP contribution >= 0.6 is 23.2 Å². The molecule has 0 rings (SSSR count). The van der Waals surface area contributed by atoms with Crippen LogP contribution in [0.5, 0.6) is 0 Å². The average molecular weight is 241 g/mol. The van der Waals surface area contributed by atoms with Crippen molar-refractivity contribution in [2.75, 3.05) is 11.8 Å². The number of alkyl halides is 2. The summed E-state index contributed by atoms with van der Waals surface area (Å²) < 4.78 is 0. The normalized spacial score (nSPS) is 14.6. The molecule has 0 heterocycles. The van der Waals surface area contributed by atoms with Gasteiger partial charge in [-0.15, -0.1) is 23.2 Å². The predicted molar refractivity (Wildman–Crippen MR) is 61.3 cm³/mol. The van der Waals surface area contributed by atoms with E-state index in [2.05, 4.69) is 10.6 Å². The van der Waals surface area contributed by atoms with E-state index >= 15 is 0 Å². The fourth-order valence-electron chi connectivity index (χ4n) is 0.912. The van der Waals surface area contributed by atoms with Crippen LogP contribution in [0.2, 0.25) is 0 Å².